The Morgan fingerprint density at radius 1 is 1.39 bits per heavy atom. The number of para-hydroxylation sites is 1. The number of rotatable bonds is 2. The lowest BCUT2D eigenvalue weighted by atomic mass is 10.3. The maximum Gasteiger partial charge on any atom is 0.352 e. The molecule has 0 atom stereocenters. The van der Waals surface area contributed by atoms with Gasteiger partial charge in [-0.15, -0.1) is 0 Å². The molecule has 6 nitrogen and oxygen atoms in total. The summed E-state index contributed by atoms with van der Waals surface area (Å²) >= 11 is 1.31. The van der Waals surface area contributed by atoms with Gasteiger partial charge in [0.15, 0.2) is 5.71 Å². The Bertz CT molecular complexity index is 659. The third-order valence-electron chi connectivity index (χ3n) is 2.49. The maximum absolute atomic E-state index is 11.7. The van der Waals surface area contributed by atoms with Crippen LogP contribution < -0.4 is 5.01 Å². The third kappa shape index (κ3) is 1.65. The number of carbonyl (C=O) groups excluding carboxylic acids is 1. The number of carboxylic acid groups (broad SMARTS) is 1. The minimum atomic E-state index is -1.17. The second-order valence-corrected chi connectivity index (χ2v) is 4.71. The van der Waals surface area contributed by atoms with Crippen molar-refractivity contribution in [1.29, 1.82) is 0 Å². The molecule has 0 unspecified atom stereocenters. The van der Waals surface area contributed by atoms with Gasteiger partial charge >= 0.3 is 5.97 Å². The fourth-order valence-electron chi connectivity index (χ4n) is 1.65. The molecule has 1 aliphatic heterocycles. The summed E-state index contributed by atoms with van der Waals surface area (Å²) in [6.07, 6.45) is -0.189. The monoisotopic (exact) mass is 261 g/mol. The molecule has 18 heavy (non-hydrogen) atoms. The summed E-state index contributed by atoms with van der Waals surface area (Å²) in [5, 5.41) is 14.1. The molecule has 1 N–H and O–H groups in total. The summed E-state index contributed by atoms with van der Waals surface area (Å²) in [4.78, 5) is 26.7. The summed E-state index contributed by atoms with van der Waals surface area (Å²) in [6.45, 7) is 0. The zero-order valence-electron chi connectivity index (χ0n) is 9.03. The summed E-state index contributed by atoms with van der Waals surface area (Å²) < 4.78 is 0.930. The van der Waals surface area contributed by atoms with Gasteiger partial charge in [0.1, 0.15) is 0 Å². The molecule has 2 heterocycles. The molecule has 3 rings (SSSR count). The maximum atomic E-state index is 11.7. The summed E-state index contributed by atoms with van der Waals surface area (Å²) in [5.74, 6) is -1.54. The molecule has 0 bridgehead atoms. The van der Waals surface area contributed by atoms with Gasteiger partial charge < -0.3 is 5.11 Å². The van der Waals surface area contributed by atoms with E-state index >= 15 is 0 Å². The first-order valence-electron chi connectivity index (χ1n) is 5.14. The zero-order chi connectivity index (χ0) is 12.7. The predicted molar refractivity (Wildman–Crippen MR) is 66.8 cm³/mol. The van der Waals surface area contributed by atoms with Crippen LogP contribution in [0.2, 0.25) is 0 Å². The standard InChI is InChI=1S/C11H7N3O3S/c15-9-5-7(10(16)17)13-14(9)11-12-6-3-1-2-4-8(6)18-11/h1-4H,5H2,(H,16,17). The second-order valence-electron chi connectivity index (χ2n) is 3.70. The second kappa shape index (κ2) is 3.88. The molecule has 1 aromatic carbocycles. The summed E-state index contributed by atoms with van der Waals surface area (Å²) in [5.41, 5.74) is 0.614. The quantitative estimate of drug-likeness (QED) is 0.887. The van der Waals surface area contributed by atoms with E-state index in [0.717, 1.165) is 15.2 Å². The highest BCUT2D eigenvalue weighted by Gasteiger charge is 2.30. The van der Waals surface area contributed by atoms with Crippen LogP contribution in [0.1, 0.15) is 6.42 Å². The van der Waals surface area contributed by atoms with Crippen molar-refractivity contribution in [3.05, 3.63) is 24.3 Å². The Hall–Kier alpha value is -2.28. The molecule has 0 fully saturated rings. The van der Waals surface area contributed by atoms with Crippen molar-refractivity contribution >= 4 is 44.3 Å². The minimum Gasteiger partial charge on any atom is -0.477 e. The van der Waals surface area contributed by atoms with Gasteiger partial charge in [-0.2, -0.15) is 10.1 Å². The highest BCUT2D eigenvalue weighted by atomic mass is 32.1. The van der Waals surface area contributed by atoms with Gasteiger partial charge in [-0.3, -0.25) is 4.79 Å². The van der Waals surface area contributed by atoms with Gasteiger partial charge in [0.2, 0.25) is 5.13 Å². The van der Waals surface area contributed by atoms with Gasteiger partial charge in [-0.1, -0.05) is 23.5 Å². The number of aromatic nitrogens is 1. The van der Waals surface area contributed by atoms with Crippen molar-refractivity contribution in [2.24, 2.45) is 5.10 Å². The number of carbonyl (C=O) groups is 2. The fourth-order valence-corrected chi connectivity index (χ4v) is 2.58. The Kier molecular flexibility index (Phi) is 2.34. The Balaban J connectivity index is 2.04. The van der Waals surface area contributed by atoms with Crippen molar-refractivity contribution in [2.45, 2.75) is 6.42 Å². The Morgan fingerprint density at radius 3 is 2.83 bits per heavy atom. The predicted octanol–water partition coefficient (Wildman–Crippen LogP) is 1.47. The normalized spacial score (nSPS) is 15.2. The van der Waals surface area contributed by atoms with Crippen LogP contribution in [0.15, 0.2) is 29.4 Å². The van der Waals surface area contributed by atoms with E-state index in [2.05, 4.69) is 10.1 Å². The molecular formula is C11H7N3O3S. The average Bonchev–Trinajstić information content (AvgIpc) is 2.91. The van der Waals surface area contributed by atoms with E-state index in [4.69, 9.17) is 5.11 Å². The highest BCUT2D eigenvalue weighted by molar-refractivity contribution is 7.22. The molecule has 1 aromatic heterocycles. The van der Waals surface area contributed by atoms with Crippen molar-refractivity contribution < 1.29 is 14.7 Å². The topological polar surface area (TPSA) is 82.9 Å². The van der Waals surface area contributed by atoms with Crippen LogP contribution >= 0.6 is 11.3 Å². The molecule has 0 saturated heterocycles. The smallest absolute Gasteiger partial charge is 0.352 e. The van der Waals surface area contributed by atoms with Gasteiger partial charge in [0, 0.05) is 0 Å². The first-order chi connectivity index (χ1) is 8.65. The molecule has 1 amide bonds. The number of thiazole rings is 1. The van der Waals surface area contributed by atoms with E-state index in [0.29, 0.717) is 5.13 Å². The van der Waals surface area contributed by atoms with Crippen LogP contribution in [0.25, 0.3) is 10.2 Å². The molecule has 7 heteroatoms. The van der Waals surface area contributed by atoms with E-state index < -0.39 is 5.97 Å². The number of hydrazone groups is 1. The number of hydrogen-bond acceptors (Lipinski definition) is 5. The Morgan fingerprint density at radius 2 is 2.17 bits per heavy atom. The van der Waals surface area contributed by atoms with Gasteiger partial charge in [-0.25, -0.2) is 9.78 Å². The number of anilines is 1. The van der Waals surface area contributed by atoms with Crippen molar-refractivity contribution in [2.75, 3.05) is 5.01 Å². The zero-order valence-corrected chi connectivity index (χ0v) is 9.85. The molecule has 0 saturated carbocycles. The van der Waals surface area contributed by atoms with Gasteiger partial charge in [0.25, 0.3) is 5.91 Å². The van der Waals surface area contributed by atoms with Gasteiger partial charge in [0.05, 0.1) is 16.6 Å². The summed E-state index contributed by atoms with van der Waals surface area (Å²) in [7, 11) is 0. The fraction of sp³-hybridized carbons (Fsp3) is 0.0909. The largest absolute Gasteiger partial charge is 0.477 e. The molecular weight excluding hydrogens is 254 g/mol. The van der Waals surface area contributed by atoms with Crippen molar-refractivity contribution in [3.8, 4) is 0 Å². The number of aliphatic carboxylic acids is 1. The number of carboxylic acids is 1. The van der Waals surface area contributed by atoms with E-state index in [1.165, 1.54) is 11.3 Å². The summed E-state index contributed by atoms with van der Waals surface area (Å²) in [6, 6.07) is 7.45. The molecule has 1 aliphatic rings. The lowest BCUT2D eigenvalue weighted by Gasteiger charge is -2.05. The molecule has 90 valence electrons. The van der Waals surface area contributed by atoms with Crippen LogP contribution in [0.5, 0.6) is 0 Å². The van der Waals surface area contributed by atoms with E-state index in [1.807, 2.05) is 24.3 Å². The van der Waals surface area contributed by atoms with E-state index in [9.17, 15) is 9.59 Å². The number of amides is 1. The molecule has 0 spiro atoms. The van der Waals surface area contributed by atoms with Crippen LogP contribution in [-0.4, -0.2) is 27.7 Å². The van der Waals surface area contributed by atoms with E-state index in [-0.39, 0.29) is 18.0 Å². The first kappa shape index (κ1) is 10.8. The number of nitrogens with zero attached hydrogens (tertiary/aromatic N) is 3. The van der Waals surface area contributed by atoms with Crippen LogP contribution in [0, 0.1) is 0 Å². The van der Waals surface area contributed by atoms with Crippen molar-refractivity contribution in [3.63, 3.8) is 0 Å². The first-order valence-corrected chi connectivity index (χ1v) is 5.96. The van der Waals surface area contributed by atoms with Crippen LogP contribution in [0.4, 0.5) is 5.13 Å². The number of fused-ring (bicyclic) bond motifs is 1. The number of hydrogen-bond donors (Lipinski definition) is 1. The van der Waals surface area contributed by atoms with Crippen molar-refractivity contribution in [1.82, 2.24) is 4.98 Å². The highest BCUT2D eigenvalue weighted by Crippen LogP contribution is 2.30. The van der Waals surface area contributed by atoms with E-state index in [1.54, 1.807) is 0 Å². The Labute approximate surface area is 105 Å². The minimum absolute atomic E-state index is 0.153. The third-order valence-corrected chi connectivity index (χ3v) is 3.50. The lowest BCUT2D eigenvalue weighted by Crippen LogP contribution is -2.19. The molecule has 2 aromatic rings. The van der Waals surface area contributed by atoms with Crippen LogP contribution in [-0.2, 0) is 9.59 Å². The van der Waals surface area contributed by atoms with Crippen LogP contribution in [0.3, 0.4) is 0 Å². The average molecular weight is 261 g/mol. The molecule has 0 aliphatic carbocycles. The lowest BCUT2D eigenvalue weighted by molar-refractivity contribution is -0.129. The number of benzene rings is 1. The molecule has 0 radical (unpaired) electrons. The SMILES string of the molecule is O=C(O)C1=NN(c2nc3ccccc3s2)C(=O)C1. The van der Waals surface area contributed by atoms with Gasteiger partial charge in [-0.05, 0) is 12.1 Å².